The van der Waals surface area contributed by atoms with E-state index in [2.05, 4.69) is 10.3 Å². The minimum Gasteiger partial charge on any atom is -0.504 e. The van der Waals surface area contributed by atoms with Crippen LogP contribution in [0.25, 0.3) is 0 Å². The summed E-state index contributed by atoms with van der Waals surface area (Å²) in [5, 5.41) is 13.0. The number of aryl methyl sites for hydroxylation is 1. The molecule has 108 valence electrons. The second-order valence-corrected chi connectivity index (χ2v) is 4.65. The summed E-state index contributed by atoms with van der Waals surface area (Å²) in [6.45, 7) is 6.92. The quantitative estimate of drug-likeness (QED) is 0.849. The number of phenolic OH excluding ortho intramolecular Hbond substituents is 1. The maximum absolute atomic E-state index is 9.65. The van der Waals surface area contributed by atoms with Gasteiger partial charge in [-0.2, -0.15) is 0 Å². The lowest BCUT2D eigenvalue weighted by atomic mass is 10.2. The zero-order valence-electron chi connectivity index (χ0n) is 12.0. The molecule has 0 spiro atoms. The molecule has 0 bridgehead atoms. The Morgan fingerprint density at radius 2 is 2.25 bits per heavy atom. The van der Waals surface area contributed by atoms with Gasteiger partial charge in [-0.15, -0.1) is 0 Å². The minimum atomic E-state index is 0.0213. The number of ether oxygens (including phenoxy) is 1. The topological polar surface area (TPSA) is 67.5 Å². The SMILES string of the molecule is CCOc1cc(CNC(C)c2ncc(C)o2)ccc1O. The normalized spacial score (nSPS) is 12.3. The number of hydrogen-bond donors (Lipinski definition) is 2. The van der Waals surface area contributed by atoms with Crippen molar-refractivity contribution in [3.63, 3.8) is 0 Å². The summed E-state index contributed by atoms with van der Waals surface area (Å²) in [7, 11) is 0. The van der Waals surface area contributed by atoms with Crippen molar-refractivity contribution in [1.29, 1.82) is 0 Å². The Morgan fingerprint density at radius 3 is 2.90 bits per heavy atom. The average Bonchev–Trinajstić information content (AvgIpc) is 2.86. The molecular formula is C15H20N2O3. The van der Waals surface area contributed by atoms with Crippen LogP contribution >= 0.6 is 0 Å². The third kappa shape index (κ3) is 3.51. The Bertz CT molecular complexity index is 566. The Morgan fingerprint density at radius 1 is 1.45 bits per heavy atom. The van der Waals surface area contributed by atoms with Crippen molar-refractivity contribution in [2.24, 2.45) is 0 Å². The van der Waals surface area contributed by atoms with E-state index in [1.54, 1.807) is 12.3 Å². The molecule has 1 atom stereocenters. The largest absolute Gasteiger partial charge is 0.504 e. The molecule has 0 saturated heterocycles. The number of benzene rings is 1. The summed E-state index contributed by atoms with van der Waals surface area (Å²) < 4.78 is 10.8. The average molecular weight is 276 g/mol. The first-order valence-electron chi connectivity index (χ1n) is 6.70. The Kier molecular flexibility index (Phi) is 4.63. The summed E-state index contributed by atoms with van der Waals surface area (Å²) in [5.41, 5.74) is 1.03. The van der Waals surface area contributed by atoms with Crippen LogP contribution < -0.4 is 10.1 Å². The molecular weight excluding hydrogens is 256 g/mol. The summed E-state index contributed by atoms with van der Waals surface area (Å²) in [6.07, 6.45) is 1.71. The van der Waals surface area contributed by atoms with Crippen LogP contribution in [0.15, 0.2) is 28.8 Å². The number of nitrogens with zero attached hydrogens (tertiary/aromatic N) is 1. The molecule has 5 heteroatoms. The first-order valence-corrected chi connectivity index (χ1v) is 6.70. The first-order chi connectivity index (χ1) is 9.60. The number of phenols is 1. The van der Waals surface area contributed by atoms with Gasteiger partial charge in [-0.25, -0.2) is 4.98 Å². The molecule has 0 fully saturated rings. The van der Waals surface area contributed by atoms with Gasteiger partial charge in [0.2, 0.25) is 5.89 Å². The number of aromatic nitrogens is 1. The van der Waals surface area contributed by atoms with Gasteiger partial charge in [0.1, 0.15) is 5.76 Å². The van der Waals surface area contributed by atoms with E-state index < -0.39 is 0 Å². The van der Waals surface area contributed by atoms with Crippen LogP contribution in [0.3, 0.4) is 0 Å². The lowest BCUT2D eigenvalue weighted by Crippen LogP contribution is -2.18. The van der Waals surface area contributed by atoms with Crippen LogP contribution in [0.4, 0.5) is 0 Å². The van der Waals surface area contributed by atoms with Gasteiger partial charge in [-0.05, 0) is 38.5 Å². The number of oxazole rings is 1. The summed E-state index contributed by atoms with van der Waals surface area (Å²) >= 11 is 0. The number of aromatic hydroxyl groups is 1. The van der Waals surface area contributed by atoms with E-state index in [-0.39, 0.29) is 11.8 Å². The fraction of sp³-hybridized carbons (Fsp3) is 0.400. The zero-order valence-corrected chi connectivity index (χ0v) is 12.0. The molecule has 2 rings (SSSR count). The standard InChI is InChI=1S/C15H20N2O3/c1-4-19-14-7-12(5-6-13(14)18)9-16-11(3)15-17-8-10(2)20-15/h5-8,11,16,18H,4,9H2,1-3H3. The van der Waals surface area contributed by atoms with Gasteiger partial charge >= 0.3 is 0 Å². The highest BCUT2D eigenvalue weighted by Gasteiger charge is 2.11. The highest BCUT2D eigenvalue weighted by Crippen LogP contribution is 2.27. The molecule has 0 radical (unpaired) electrons. The number of hydrogen-bond acceptors (Lipinski definition) is 5. The van der Waals surface area contributed by atoms with Gasteiger partial charge in [-0.1, -0.05) is 6.07 Å². The van der Waals surface area contributed by atoms with E-state index in [4.69, 9.17) is 9.15 Å². The van der Waals surface area contributed by atoms with Crippen molar-refractivity contribution in [3.05, 3.63) is 41.6 Å². The summed E-state index contributed by atoms with van der Waals surface area (Å²) in [6, 6.07) is 5.35. The van der Waals surface area contributed by atoms with Gasteiger partial charge in [0.15, 0.2) is 11.5 Å². The van der Waals surface area contributed by atoms with E-state index in [9.17, 15) is 5.11 Å². The predicted octanol–water partition coefficient (Wildman–Crippen LogP) is 2.94. The van der Waals surface area contributed by atoms with Crippen molar-refractivity contribution in [2.75, 3.05) is 6.61 Å². The van der Waals surface area contributed by atoms with Crippen molar-refractivity contribution in [2.45, 2.75) is 33.4 Å². The van der Waals surface area contributed by atoms with E-state index in [1.165, 1.54) is 0 Å². The number of rotatable bonds is 6. The maximum atomic E-state index is 9.65. The highest BCUT2D eigenvalue weighted by atomic mass is 16.5. The van der Waals surface area contributed by atoms with Gasteiger partial charge in [0.05, 0.1) is 18.8 Å². The zero-order chi connectivity index (χ0) is 14.5. The van der Waals surface area contributed by atoms with Gasteiger partial charge < -0.3 is 19.6 Å². The summed E-state index contributed by atoms with van der Waals surface area (Å²) in [4.78, 5) is 4.20. The molecule has 0 aliphatic rings. The van der Waals surface area contributed by atoms with Crippen molar-refractivity contribution in [3.8, 4) is 11.5 Å². The Labute approximate surface area is 118 Å². The number of nitrogens with one attached hydrogen (secondary N) is 1. The Balaban J connectivity index is 1.98. The lowest BCUT2D eigenvalue weighted by molar-refractivity contribution is 0.317. The second-order valence-electron chi connectivity index (χ2n) is 4.65. The van der Waals surface area contributed by atoms with Crippen LogP contribution in [0, 0.1) is 6.92 Å². The molecule has 0 aliphatic heterocycles. The van der Waals surface area contributed by atoms with Crippen molar-refractivity contribution in [1.82, 2.24) is 10.3 Å². The van der Waals surface area contributed by atoms with Crippen LogP contribution in [0.2, 0.25) is 0 Å². The van der Waals surface area contributed by atoms with Crippen LogP contribution in [0.5, 0.6) is 11.5 Å². The Hall–Kier alpha value is -2.01. The third-order valence-electron chi connectivity index (χ3n) is 2.95. The van der Waals surface area contributed by atoms with Crippen LogP contribution in [-0.2, 0) is 6.54 Å². The van der Waals surface area contributed by atoms with E-state index in [1.807, 2.05) is 32.9 Å². The van der Waals surface area contributed by atoms with Crippen LogP contribution in [0.1, 0.15) is 37.1 Å². The van der Waals surface area contributed by atoms with Gasteiger partial charge in [0.25, 0.3) is 0 Å². The molecule has 0 saturated carbocycles. The molecule has 0 amide bonds. The monoisotopic (exact) mass is 276 g/mol. The fourth-order valence-electron chi connectivity index (χ4n) is 1.87. The van der Waals surface area contributed by atoms with Gasteiger partial charge in [0, 0.05) is 6.54 Å². The third-order valence-corrected chi connectivity index (χ3v) is 2.95. The summed E-state index contributed by atoms with van der Waals surface area (Å²) in [5.74, 6) is 2.14. The molecule has 0 aliphatic carbocycles. The maximum Gasteiger partial charge on any atom is 0.211 e. The van der Waals surface area contributed by atoms with E-state index >= 15 is 0 Å². The highest BCUT2D eigenvalue weighted by molar-refractivity contribution is 5.41. The van der Waals surface area contributed by atoms with Crippen LogP contribution in [-0.4, -0.2) is 16.7 Å². The molecule has 20 heavy (non-hydrogen) atoms. The molecule has 1 aromatic carbocycles. The molecule has 1 heterocycles. The van der Waals surface area contributed by atoms with E-state index in [0.29, 0.717) is 24.8 Å². The van der Waals surface area contributed by atoms with E-state index in [0.717, 1.165) is 11.3 Å². The molecule has 2 N–H and O–H groups in total. The molecule has 5 nitrogen and oxygen atoms in total. The first kappa shape index (κ1) is 14.4. The van der Waals surface area contributed by atoms with Crippen molar-refractivity contribution >= 4 is 0 Å². The molecule has 1 aromatic heterocycles. The lowest BCUT2D eigenvalue weighted by Gasteiger charge is -2.12. The smallest absolute Gasteiger partial charge is 0.211 e. The fourth-order valence-corrected chi connectivity index (χ4v) is 1.87. The minimum absolute atomic E-state index is 0.0213. The predicted molar refractivity (Wildman–Crippen MR) is 75.8 cm³/mol. The second kappa shape index (κ2) is 6.43. The van der Waals surface area contributed by atoms with Gasteiger partial charge in [-0.3, -0.25) is 0 Å². The molecule has 2 aromatic rings. The molecule has 1 unspecified atom stereocenters. The van der Waals surface area contributed by atoms with Crippen molar-refractivity contribution < 1.29 is 14.3 Å².